The van der Waals surface area contributed by atoms with Gasteiger partial charge >= 0.3 is 0 Å². The Morgan fingerprint density at radius 1 is 1.56 bits per heavy atom. The molecule has 16 heavy (non-hydrogen) atoms. The molecule has 1 rings (SSSR count). The number of aromatic nitrogens is 2. The van der Waals surface area contributed by atoms with Gasteiger partial charge in [0.05, 0.1) is 12.8 Å². The Kier molecular flexibility index (Phi) is 6.11. The molecule has 1 atom stereocenters. The first-order chi connectivity index (χ1) is 7.72. The van der Waals surface area contributed by atoms with Crippen molar-refractivity contribution in [3.05, 3.63) is 18.0 Å². The Bertz CT molecular complexity index is 286. The first kappa shape index (κ1) is 13.2. The minimum Gasteiger partial charge on any atom is -0.380 e. The molecule has 0 fully saturated rings. The van der Waals surface area contributed by atoms with Crippen LogP contribution in [0, 0.1) is 0 Å². The summed E-state index contributed by atoms with van der Waals surface area (Å²) < 4.78 is 7.19. The summed E-state index contributed by atoms with van der Waals surface area (Å²) in [4.78, 5) is 0. The summed E-state index contributed by atoms with van der Waals surface area (Å²) in [5, 5.41) is 7.59. The number of ether oxygens (including phenoxy) is 1. The Morgan fingerprint density at radius 3 is 3.00 bits per heavy atom. The third-order valence-electron chi connectivity index (χ3n) is 2.47. The van der Waals surface area contributed by atoms with E-state index in [1.54, 1.807) is 0 Å². The predicted octanol–water partition coefficient (Wildman–Crippen LogP) is 1.37. The molecule has 1 heterocycles. The highest BCUT2D eigenvalue weighted by molar-refractivity contribution is 5.03. The first-order valence-electron chi connectivity index (χ1n) is 6.01. The van der Waals surface area contributed by atoms with Crippen LogP contribution >= 0.6 is 0 Å². The molecule has 0 aromatic carbocycles. The fourth-order valence-electron chi connectivity index (χ4n) is 1.60. The van der Waals surface area contributed by atoms with Gasteiger partial charge in [0.25, 0.3) is 0 Å². The summed E-state index contributed by atoms with van der Waals surface area (Å²) in [6.45, 7) is 6.79. The van der Waals surface area contributed by atoms with E-state index in [0.717, 1.165) is 32.6 Å². The molecular formula is C12H23N3O. The van der Waals surface area contributed by atoms with Crippen LogP contribution in [0.5, 0.6) is 0 Å². The van der Waals surface area contributed by atoms with Gasteiger partial charge in [0.15, 0.2) is 0 Å². The molecule has 4 nitrogen and oxygen atoms in total. The van der Waals surface area contributed by atoms with Gasteiger partial charge in [-0.25, -0.2) is 0 Å². The van der Waals surface area contributed by atoms with Crippen molar-refractivity contribution in [3.63, 3.8) is 0 Å². The van der Waals surface area contributed by atoms with Crippen molar-refractivity contribution in [2.75, 3.05) is 19.8 Å². The second kappa shape index (κ2) is 7.41. The topological polar surface area (TPSA) is 39.1 Å². The Morgan fingerprint density at radius 2 is 2.38 bits per heavy atom. The van der Waals surface area contributed by atoms with E-state index in [1.165, 1.54) is 5.56 Å². The summed E-state index contributed by atoms with van der Waals surface area (Å²) >= 11 is 0. The minimum absolute atomic E-state index is 0.439. The highest BCUT2D eigenvalue weighted by Crippen LogP contribution is 2.00. The van der Waals surface area contributed by atoms with E-state index in [1.807, 2.05) is 24.9 Å². The Hall–Kier alpha value is -0.870. The lowest BCUT2D eigenvalue weighted by Gasteiger charge is -2.12. The Balaban J connectivity index is 2.03. The zero-order valence-corrected chi connectivity index (χ0v) is 10.6. The van der Waals surface area contributed by atoms with Crippen molar-refractivity contribution >= 4 is 0 Å². The number of rotatable bonds is 8. The lowest BCUT2D eigenvalue weighted by molar-refractivity contribution is 0.127. The molecule has 0 spiro atoms. The molecule has 0 amide bonds. The second-order valence-corrected chi connectivity index (χ2v) is 4.14. The van der Waals surface area contributed by atoms with E-state index in [9.17, 15) is 0 Å². The van der Waals surface area contributed by atoms with Crippen LogP contribution in [0.25, 0.3) is 0 Å². The number of hydrogen-bond acceptors (Lipinski definition) is 3. The van der Waals surface area contributed by atoms with Crippen molar-refractivity contribution in [2.24, 2.45) is 7.05 Å². The minimum atomic E-state index is 0.439. The number of nitrogens with zero attached hydrogens (tertiary/aromatic N) is 2. The van der Waals surface area contributed by atoms with Gasteiger partial charge in [-0.1, -0.05) is 0 Å². The lowest BCUT2D eigenvalue weighted by Crippen LogP contribution is -2.31. The molecule has 4 heteroatoms. The van der Waals surface area contributed by atoms with E-state index in [0.29, 0.717) is 6.04 Å². The third-order valence-corrected chi connectivity index (χ3v) is 2.47. The maximum atomic E-state index is 5.34. The average molecular weight is 225 g/mol. The molecule has 0 aliphatic heterocycles. The lowest BCUT2D eigenvalue weighted by atomic mass is 10.2. The molecule has 1 unspecified atom stereocenters. The van der Waals surface area contributed by atoms with Crippen molar-refractivity contribution in [1.82, 2.24) is 15.1 Å². The highest BCUT2D eigenvalue weighted by Gasteiger charge is 2.00. The second-order valence-electron chi connectivity index (χ2n) is 4.14. The molecule has 0 saturated carbocycles. The first-order valence-corrected chi connectivity index (χ1v) is 6.01. The van der Waals surface area contributed by atoms with E-state index in [2.05, 4.69) is 23.5 Å². The van der Waals surface area contributed by atoms with Gasteiger partial charge in [0.1, 0.15) is 0 Å². The number of hydrogen-bond donors (Lipinski definition) is 1. The van der Waals surface area contributed by atoms with Crippen molar-refractivity contribution in [1.29, 1.82) is 0 Å². The SMILES string of the molecule is CCOCC(C)NCCCc1cnn(C)c1. The maximum Gasteiger partial charge on any atom is 0.0616 e. The summed E-state index contributed by atoms with van der Waals surface area (Å²) in [5.74, 6) is 0. The van der Waals surface area contributed by atoms with Gasteiger partial charge in [-0.3, -0.25) is 4.68 Å². The standard InChI is InChI=1S/C12H23N3O/c1-4-16-10-11(2)13-7-5-6-12-8-14-15(3)9-12/h8-9,11,13H,4-7,10H2,1-3H3. The maximum absolute atomic E-state index is 5.34. The number of aryl methyl sites for hydroxylation is 2. The predicted molar refractivity (Wildman–Crippen MR) is 65.5 cm³/mol. The van der Waals surface area contributed by atoms with Crippen molar-refractivity contribution in [2.45, 2.75) is 32.7 Å². The van der Waals surface area contributed by atoms with Gasteiger partial charge in [-0.05, 0) is 38.8 Å². The van der Waals surface area contributed by atoms with Crippen molar-refractivity contribution in [3.8, 4) is 0 Å². The van der Waals surface area contributed by atoms with Crippen LogP contribution in [0.3, 0.4) is 0 Å². The van der Waals surface area contributed by atoms with Crippen LogP contribution in [-0.4, -0.2) is 35.6 Å². The Labute approximate surface area is 98.0 Å². The molecule has 0 bridgehead atoms. The van der Waals surface area contributed by atoms with Crippen LogP contribution in [0.4, 0.5) is 0 Å². The van der Waals surface area contributed by atoms with E-state index >= 15 is 0 Å². The molecule has 1 N–H and O–H groups in total. The summed E-state index contributed by atoms with van der Waals surface area (Å²) in [7, 11) is 1.95. The summed E-state index contributed by atoms with van der Waals surface area (Å²) in [6.07, 6.45) is 6.23. The van der Waals surface area contributed by atoms with Crippen LogP contribution in [-0.2, 0) is 18.2 Å². The third kappa shape index (κ3) is 5.28. The molecule has 92 valence electrons. The van der Waals surface area contributed by atoms with Crippen LogP contribution < -0.4 is 5.32 Å². The fraction of sp³-hybridized carbons (Fsp3) is 0.750. The van der Waals surface area contributed by atoms with Gasteiger partial charge < -0.3 is 10.1 Å². The largest absolute Gasteiger partial charge is 0.380 e. The molecule has 1 aromatic heterocycles. The average Bonchev–Trinajstić information content (AvgIpc) is 2.67. The zero-order valence-electron chi connectivity index (χ0n) is 10.6. The molecule has 1 aromatic rings. The zero-order chi connectivity index (χ0) is 11.8. The van der Waals surface area contributed by atoms with Gasteiger partial charge in [-0.2, -0.15) is 5.10 Å². The smallest absolute Gasteiger partial charge is 0.0616 e. The molecule has 0 aliphatic carbocycles. The monoisotopic (exact) mass is 225 g/mol. The van der Waals surface area contributed by atoms with Gasteiger partial charge in [0.2, 0.25) is 0 Å². The number of nitrogens with one attached hydrogen (secondary N) is 1. The van der Waals surface area contributed by atoms with E-state index in [4.69, 9.17) is 4.74 Å². The van der Waals surface area contributed by atoms with Crippen molar-refractivity contribution < 1.29 is 4.74 Å². The van der Waals surface area contributed by atoms with Gasteiger partial charge in [-0.15, -0.1) is 0 Å². The van der Waals surface area contributed by atoms with Gasteiger partial charge in [0, 0.05) is 25.9 Å². The van der Waals surface area contributed by atoms with E-state index in [-0.39, 0.29) is 0 Å². The quantitative estimate of drug-likeness (QED) is 0.679. The van der Waals surface area contributed by atoms with Crippen LogP contribution in [0.2, 0.25) is 0 Å². The summed E-state index contributed by atoms with van der Waals surface area (Å²) in [5.41, 5.74) is 1.31. The molecule has 0 aliphatic rings. The fourth-order valence-corrected chi connectivity index (χ4v) is 1.60. The summed E-state index contributed by atoms with van der Waals surface area (Å²) in [6, 6.07) is 0.439. The van der Waals surface area contributed by atoms with Crippen LogP contribution in [0.15, 0.2) is 12.4 Å². The van der Waals surface area contributed by atoms with E-state index < -0.39 is 0 Å². The highest BCUT2D eigenvalue weighted by atomic mass is 16.5. The van der Waals surface area contributed by atoms with Crippen LogP contribution in [0.1, 0.15) is 25.8 Å². The molecule has 0 radical (unpaired) electrons. The normalized spacial score (nSPS) is 12.9. The molecular weight excluding hydrogens is 202 g/mol. The molecule has 0 saturated heterocycles.